The van der Waals surface area contributed by atoms with E-state index in [0.717, 1.165) is 13.0 Å². The number of nitrogens with zero attached hydrogens (tertiary/aromatic N) is 2. The number of ether oxygens (including phenoxy) is 1. The van der Waals surface area contributed by atoms with E-state index in [1.54, 1.807) is 0 Å². The van der Waals surface area contributed by atoms with Crippen molar-refractivity contribution in [1.29, 1.82) is 0 Å². The Morgan fingerprint density at radius 1 is 1.13 bits per heavy atom. The summed E-state index contributed by atoms with van der Waals surface area (Å²) in [5.41, 5.74) is -0.428. The number of piperidine rings is 3. The fraction of sp³-hybridized carbons (Fsp3) is 0.889. The number of unbranched alkanes of at least 4 members (excludes halogenated alkanes) is 1. The van der Waals surface area contributed by atoms with Gasteiger partial charge in [-0.1, -0.05) is 0 Å². The van der Waals surface area contributed by atoms with Gasteiger partial charge in [-0.15, -0.1) is 0 Å². The Morgan fingerprint density at radius 2 is 1.74 bits per heavy atom. The van der Waals surface area contributed by atoms with Crippen LogP contribution in [0.2, 0.25) is 0 Å². The topological polar surface area (TPSA) is 49.9 Å². The highest BCUT2D eigenvalue weighted by molar-refractivity contribution is 5.76. The lowest BCUT2D eigenvalue weighted by atomic mass is 9.83. The maximum Gasteiger partial charge on any atom is 0.306 e. The molecule has 0 spiro atoms. The summed E-state index contributed by atoms with van der Waals surface area (Å²) >= 11 is 0. The second-order valence-corrected chi connectivity index (χ2v) is 8.00. The minimum Gasteiger partial charge on any atom is -0.460 e. The molecule has 3 aliphatic heterocycles. The van der Waals surface area contributed by atoms with Crippen molar-refractivity contribution in [3.05, 3.63) is 0 Å². The SMILES string of the molecule is CN(C(=O)CCCCC(=O)OC(C)(C)C)C1CN2CCC1CC2. The molecule has 3 fully saturated rings. The number of esters is 1. The van der Waals surface area contributed by atoms with Crippen LogP contribution in [0.5, 0.6) is 0 Å². The van der Waals surface area contributed by atoms with Crippen LogP contribution in [-0.4, -0.2) is 60.0 Å². The third-order valence-electron chi connectivity index (χ3n) is 4.95. The van der Waals surface area contributed by atoms with Crippen LogP contribution >= 0.6 is 0 Å². The molecular formula is C18H32N2O3. The summed E-state index contributed by atoms with van der Waals surface area (Å²) in [5, 5.41) is 0. The van der Waals surface area contributed by atoms with Gasteiger partial charge in [-0.25, -0.2) is 0 Å². The molecule has 0 N–H and O–H groups in total. The van der Waals surface area contributed by atoms with Crippen LogP contribution < -0.4 is 0 Å². The third-order valence-corrected chi connectivity index (χ3v) is 4.95. The summed E-state index contributed by atoms with van der Waals surface area (Å²) in [5.74, 6) is 0.722. The van der Waals surface area contributed by atoms with E-state index < -0.39 is 5.60 Å². The van der Waals surface area contributed by atoms with E-state index in [4.69, 9.17) is 4.74 Å². The average molecular weight is 324 g/mol. The van der Waals surface area contributed by atoms with Crippen molar-refractivity contribution in [2.75, 3.05) is 26.7 Å². The lowest BCUT2D eigenvalue weighted by Gasteiger charge is -2.48. The molecule has 23 heavy (non-hydrogen) atoms. The van der Waals surface area contributed by atoms with E-state index in [9.17, 15) is 9.59 Å². The molecule has 5 nitrogen and oxygen atoms in total. The van der Waals surface area contributed by atoms with E-state index >= 15 is 0 Å². The molecule has 0 aromatic heterocycles. The van der Waals surface area contributed by atoms with Crippen molar-refractivity contribution in [3.63, 3.8) is 0 Å². The van der Waals surface area contributed by atoms with Crippen LogP contribution in [0.3, 0.4) is 0 Å². The minimum atomic E-state index is -0.428. The van der Waals surface area contributed by atoms with Gasteiger partial charge in [0.15, 0.2) is 0 Å². The Kier molecular flexibility index (Phi) is 6.06. The lowest BCUT2D eigenvalue weighted by molar-refractivity contribution is -0.155. The summed E-state index contributed by atoms with van der Waals surface area (Å²) in [4.78, 5) is 28.5. The molecule has 3 aliphatic rings. The summed E-state index contributed by atoms with van der Waals surface area (Å²) in [6.45, 7) is 9.04. The number of hydrogen-bond acceptors (Lipinski definition) is 4. The molecule has 1 unspecified atom stereocenters. The van der Waals surface area contributed by atoms with Gasteiger partial charge in [0, 0.05) is 32.5 Å². The van der Waals surface area contributed by atoms with Gasteiger partial charge in [0.2, 0.25) is 5.91 Å². The average Bonchev–Trinajstić information content (AvgIpc) is 2.50. The van der Waals surface area contributed by atoms with E-state index in [2.05, 4.69) is 4.90 Å². The fourth-order valence-corrected chi connectivity index (χ4v) is 3.67. The normalized spacial score (nSPS) is 26.9. The zero-order valence-electron chi connectivity index (χ0n) is 15.1. The molecule has 3 saturated heterocycles. The number of fused-ring (bicyclic) bond motifs is 3. The van der Waals surface area contributed by atoms with Gasteiger partial charge in [-0.3, -0.25) is 9.59 Å². The molecular weight excluding hydrogens is 292 g/mol. The first-order valence-electron chi connectivity index (χ1n) is 8.96. The Morgan fingerprint density at radius 3 is 2.26 bits per heavy atom. The Labute approximate surface area is 140 Å². The van der Waals surface area contributed by atoms with Crippen LogP contribution in [0, 0.1) is 5.92 Å². The first-order chi connectivity index (χ1) is 10.8. The Hall–Kier alpha value is -1.10. The predicted octanol–water partition coefficient (Wildman–Crippen LogP) is 2.44. The number of amides is 1. The van der Waals surface area contributed by atoms with E-state index in [0.29, 0.717) is 31.2 Å². The van der Waals surface area contributed by atoms with Crippen molar-refractivity contribution >= 4 is 11.9 Å². The summed E-state index contributed by atoms with van der Waals surface area (Å²) in [6.07, 6.45) is 4.84. The molecule has 0 radical (unpaired) electrons. The Bertz CT molecular complexity index is 422. The third kappa shape index (κ3) is 5.48. The number of carbonyl (C=O) groups is 2. The van der Waals surface area contributed by atoms with Gasteiger partial charge >= 0.3 is 5.97 Å². The molecule has 0 saturated carbocycles. The highest BCUT2D eigenvalue weighted by Crippen LogP contribution is 2.30. The molecule has 2 bridgehead atoms. The number of rotatable bonds is 6. The van der Waals surface area contributed by atoms with Gasteiger partial charge in [0.1, 0.15) is 5.60 Å². The zero-order valence-corrected chi connectivity index (χ0v) is 15.1. The quantitative estimate of drug-likeness (QED) is 0.556. The number of carbonyl (C=O) groups excluding carboxylic acids is 2. The first-order valence-corrected chi connectivity index (χ1v) is 8.96. The summed E-state index contributed by atoms with van der Waals surface area (Å²) in [6, 6.07) is 0.385. The molecule has 0 aromatic rings. The van der Waals surface area contributed by atoms with E-state index in [1.807, 2.05) is 32.7 Å². The molecule has 1 amide bonds. The molecule has 3 rings (SSSR count). The van der Waals surface area contributed by atoms with E-state index in [-0.39, 0.29) is 11.9 Å². The molecule has 132 valence electrons. The highest BCUT2D eigenvalue weighted by Gasteiger charge is 2.37. The van der Waals surface area contributed by atoms with Gasteiger partial charge < -0.3 is 14.5 Å². The van der Waals surface area contributed by atoms with Crippen LogP contribution in [0.25, 0.3) is 0 Å². The van der Waals surface area contributed by atoms with Gasteiger partial charge in [-0.05, 0) is 65.5 Å². The van der Waals surface area contributed by atoms with Gasteiger partial charge in [-0.2, -0.15) is 0 Å². The smallest absolute Gasteiger partial charge is 0.306 e. The van der Waals surface area contributed by atoms with Crippen molar-refractivity contribution in [2.45, 2.75) is 70.9 Å². The fourth-order valence-electron chi connectivity index (χ4n) is 3.67. The highest BCUT2D eigenvalue weighted by atomic mass is 16.6. The largest absolute Gasteiger partial charge is 0.460 e. The van der Waals surface area contributed by atoms with Crippen LogP contribution in [0.15, 0.2) is 0 Å². The van der Waals surface area contributed by atoms with E-state index in [1.165, 1.54) is 25.9 Å². The molecule has 0 aliphatic carbocycles. The Balaban J connectivity index is 1.66. The van der Waals surface area contributed by atoms with Crippen LogP contribution in [0.4, 0.5) is 0 Å². The first kappa shape index (κ1) is 18.2. The van der Waals surface area contributed by atoms with Crippen molar-refractivity contribution in [3.8, 4) is 0 Å². The van der Waals surface area contributed by atoms with Crippen molar-refractivity contribution in [2.24, 2.45) is 5.92 Å². The second kappa shape index (κ2) is 7.65. The molecule has 5 heteroatoms. The number of hydrogen-bond donors (Lipinski definition) is 0. The maximum absolute atomic E-state index is 12.4. The summed E-state index contributed by atoms with van der Waals surface area (Å²) in [7, 11) is 1.95. The standard InChI is InChI=1S/C18H32N2O3/c1-18(2,3)23-17(22)8-6-5-7-16(21)19(4)15-13-20-11-9-14(15)10-12-20/h14-15H,5-13H2,1-4H3. The zero-order chi connectivity index (χ0) is 17.0. The van der Waals surface area contributed by atoms with Crippen LogP contribution in [0.1, 0.15) is 59.3 Å². The number of likely N-dealkylation sites (N-methyl/N-ethyl adjacent to an activating group) is 1. The molecule has 0 aromatic carbocycles. The lowest BCUT2D eigenvalue weighted by Crippen LogP contribution is -2.57. The van der Waals surface area contributed by atoms with Gasteiger partial charge in [0.25, 0.3) is 0 Å². The monoisotopic (exact) mass is 324 g/mol. The second-order valence-electron chi connectivity index (χ2n) is 8.00. The molecule has 3 heterocycles. The maximum atomic E-state index is 12.4. The van der Waals surface area contributed by atoms with Crippen LogP contribution in [-0.2, 0) is 14.3 Å². The minimum absolute atomic E-state index is 0.171. The van der Waals surface area contributed by atoms with Crippen molar-refractivity contribution < 1.29 is 14.3 Å². The molecule has 1 atom stereocenters. The van der Waals surface area contributed by atoms with Crippen molar-refractivity contribution in [1.82, 2.24) is 9.80 Å². The van der Waals surface area contributed by atoms with Gasteiger partial charge in [0.05, 0.1) is 0 Å². The summed E-state index contributed by atoms with van der Waals surface area (Å²) < 4.78 is 5.28. The predicted molar refractivity (Wildman–Crippen MR) is 90.0 cm³/mol.